The Morgan fingerprint density at radius 3 is 2.42 bits per heavy atom. The van der Waals surface area contributed by atoms with Crippen LogP contribution in [0.2, 0.25) is 0 Å². The van der Waals surface area contributed by atoms with E-state index in [1.165, 1.54) is 6.92 Å². The fraction of sp³-hybridized carbons (Fsp3) is 0.133. The van der Waals surface area contributed by atoms with Crippen LogP contribution in [0.4, 0.5) is 0 Å². The van der Waals surface area contributed by atoms with Gasteiger partial charge in [0.2, 0.25) is 0 Å². The minimum absolute atomic E-state index is 0.0159. The Morgan fingerprint density at radius 2 is 1.79 bits per heavy atom. The molecule has 0 saturated carbocycles. The monoisotopic (exact) mass is 382 g/mol. The molecule has 0 saturated heterocycles. The fourth-order valence-electron chi connectivity index (χ4n) is 1.64. The molecule has 0 radical (unpaired) electrons. The molecule has 2 rings (SSSR count). The Bertz CT molecular complexity index is 595. The lowest BCUT2D eigenvalue weighted by Crippen LogP contribution is -1.99. The molecule has 0 heterocycles. The van der Waals surface area contributed by atoms with Gasteiger partial charge in [0.15, 0.2) is 5.78 Å². The first kappa shape index (κ1) is 14.3. The van der Waals surface area contributed by atoms with E-state index >= 15 is 0 Å². The van der Waals surface area contributed by atoms with Crippen molar-refractivity contribution >= 4 is 37.6 Å². The SMILES string of the molecule is CC(=O)c1cc(Br)c(OCc2ccccc2)cc1Br. The van der Waals surface area contributed by atoms with Crippen LogP contribution < -0.4 is 4.74 Å². The Balaban J connectivity index is 2.17. The molecule has 98 valence electrons. The van der Waals surface area contributed by atoms with Gasteiger partial charge < -0.3 is 4.74 Å². The molecule has 0 N–H and O–H groups in total. The van der Waals surface area contributed by atoms with Crippen LogP contribution in [0, 0.1) is 0 Å². The predicted molar refractivity (Wildman–Crippen MR) is 82.6 cm³/mol. The maximum Gasteiger partial charge on any atom is 0.160 e. The fourth-order valence-corrected chi connectivity index (χ4v) is 2.70. The Morgan fingerprint density at radius 1 is 1.11 bits per heavy atom. The standard InChI is InChI=1S/C15H12Br2O2/c1-10(18)12-7-14(17)15(8-13(12)16)19-9-11-5-3-2-4-6-11/h2-8H,9H2,1H3. The summed E-state index contributed by atoms with van der Waals surface area (Å²) in [5.41, 5.74) is 1.74. The highest BCUT2D eigenvalue weighted by atomic mass is 79.9. The Kier molecular flexibility index (Phi) is 4.77. The highest BCUT2D eigenvalue weighted by Crippen LogP contribution is 2.32. The second-order valence-corrected chi connectivity index (χ2v) is 5.80. The average molecular weight is 384 g/mol. The van der Waals surface area contributed by atoms with Gasteiger partial charge in [-0.2, -0.15) is 0 Å². The quantitative estimate of drug-likeness (QED) is 0.695. The lowest BCUT2D eigenvalue weighted by atomic mass is 10.1. The van der Waals surface area contributed by atoms with Crippen molar-refractivity contribution in [1.29, 1.82) is 0 Å². The number of halogens is 2. The minimum Gasteiger partial charge on any atom is -0.488 e. The molecule has 0 aliphatic carbocycles. The van der Waals surface area contributed by atoms with Gasteiger partial charge in [-0.05, 0) is 56.5 Å². The van der Waals surface area contributed by atoms with Crippen molar-refractivity contribution in [3.63, 3.8) is 0 Å². The van der Waals surface area contributed by atoms with Crippen molar-refractivity contribution in [1.82, 2.24) is 0 Å². The van der Waals surface area contributed by atoms with Crippen molar-refractivity contribution in [2.24, 2.45) is 0 Å². The summed E-state index contributed by atoms with van der Waals surface area (Å²) in [7, 11) is 0. The van der Waals surface area contributed by atoms with E-state index < -0.39 is 0 Å². The summed E-state index contributed by atoms with van der Waals surface area (Å²) < 4.78 is 7.27. The van der Waals surface area contributed by atoms with Crippen molar-refractivity contribution in [2.75, 3.05) is 0 Å². The Hall–Kier alpha value is -1.13. The van der Waals surface area contributed by atoms with E-state index in [0.717, 1.165) is 14.5 Å². The average Bonchev–Trinajstić information content (AvgIpc) is 2.40. The molecule has 0 aliphatic heterocycles. The third-order valence-corrected chi connectivity index (χ3v) is 3.91. The summed E-state index contributed by atoms with van der Waals surface area (Å²) in [6.45, 7) is 2.03. The first-order chi connectivity index (χ1) is 9.08. The maximum atomic E-state index is 11.4. The molecule has 0 aromatic heterocycles. The van der Waals surface area contributed by atoms with E-state index in [-0.39, 0.29) is 5.78 Å². The van der Waals surface area contributed by atoms with Crippen molar-refractivity contribution < 1.29 is 9.53 Å². The van der Waals surface area contributed by atoms with Crippen LogP contribution in [0.1, 0.15) is 22.8 Å². The van der Waals surface area contributed by atoms with Gasteiger partial charge in [0.1, 0.15) is 12.4 Å². The maximum absolute atomic E-state index is 11.4. The summed E-state index contributed by atoms with van der Waals surface area (Å²) in [6, 6.07) is 13.5. The number of ether oxygens (including phenoxy) is 1. The molecular formula is C15H12Br2O2. The van der Waals surface area contributed by atoms with Crippen molar-refractivity contribution in [2.45, 2.75) is 13.5 Å². The second kappa shape index (κ2) is 6.35. The topological polar surface area (TPSA) is 26.3 Å². The lowest BCUT2D eigenvalue weighted by molar-refractivity contribution is 0.101. The molecular weight excluding hydrogens is 372 g/mol. The van der Waals surface area contributed by atoms with Crippen LogP contribution in [0.25, 0.3) is 0 Å². The van der Waals surface area contributed by atoms with Crippen LogP contribution in [0.3, 0.4) is 0 Å². The summed E-state index contributed by atoms with van der Waals surface area (Å²) in [4.78, 5) is 11.4. The number of ketones is 1. The molecule has 0 amide bonds. The second-order valence-electron chi connectivity index (χ2n) is 4.09. The zero-order valence-electron chi connectivity index (χ0n) is 10.3. The van der Waals surface area contributed by atoms with Crippen LogP contribution in [-0.4, -0.2) is 5.78 Å². The van der Waals surface area contributed by atoms with Gasteiger partial charge in [0.05, 0.1) is 4.47 Å². The number of carbonyl (C=O) groups is 1. The van der Waals surface area contributed by atoms with Gasteiger partial charge in [-0.1, -0.05) is 30.3 Å². The molecule has 0 fully saturated rings. The smallest absolute Gasteiger partial charge is 0.160 e. The zero-order valence-corrected chi connectivity index (χ0v) is 13.5. The third-order valence-electron chi connectivity index (χ3n) is 2.64. The molecule has 19 heavy (non-hydrogen) atoms. The van der Waals surface area contributed by atoms with Crippen LogP contribution >= 0.6 is 31.9 Å². The number of rotatable bonds is 4. The number of hydrogen-bond acceptors (Lipinski definition) is 2. The summed E-state index contributed by atoms with van der Waals surface area (Å²) >= 11 is 6.81. The molecule has 0 aliphatic rings. The normalized spacial score (nSPS) is 10.3. The highest BCUT2D eigenvalue weighted by molar-refractivity contribution is 9.11. The number of hydrogen-bond donors (Lipinski definition) is 0. The molecule has 4 heteroatoms. The number of carbonyl (C=O) groups excluding carboxylic acids is 1. The lowest BCUT2D eigenvalue weighted by Gasteiger charge is -2.10. The highest BCUT2D eigenvalue weighted by Gasteiger charge is 2.11. The largest absolute Gasteiger partial charge is 0.488 e. The van der Waals surface area contributed by atoms with E-state index in [4.69, 9.17) is 4.74 Å². The van der Waals surface area contributed by atoms with E-state index in [1.54, 1.807) is 6.07 Å². The molecule has 0 unspecified atom stereocenters. The van der Waals surface area contributed by atoms with Gasteiger partial charge in [-0.25, -0.2) is 0 Å². The Labute approximate surface area is 129 Å². The van der Waals surface area contributed by atoms with Gasteiger partial charge in [-0.15, -0.1) is 0 Å². The molecule has 0 bridgehead atoms. The minimum atomic E-state index is 0.0159. The van der Waals surface area contributed by atoms with Crippen LogP contribution in [-0.2, 0) is 6.61 Å². The van der Waals surface area contributed by atoms with E-state index in [1.807, 2.05) is 36.4 Å². The molecule has 0 spiro atoms. The van der Waals surface area contributed by atoms with Gasteiger partial charge in [0, 0.05) is 10.0 Å². The number of Topliss-reactive ketones (excluding diaryl/α,β-unsaturated/α-hetero) is 1. The summed E-state index contributed by atoms with van der Waals surface area (Å²) in [6.07, 6.45) is 0. The summed E-state index contributed by atoms with van der Waals surface area (Å²) in [5, 5.41) is 0. The first-order valence-corrected chi connectivity index (χ1v) is 7.33. The number of benzene rings is 2. The molecule has 2 nitrogen and oxygen atoms in total. The van der Waals surface area contributed by atoms with Crippen molar-refractivity contribution in [3.05, 3.63) is 62.5 Å². The third kappa shape index (κ3) is 3.67. The van der Waals surface area contributed by atoms with E-state index in [2.05, 4.69) is 31.9 Å². The van der Waals surface area contributed by atoms with Gasteiger partial charge in [0.25, 0.3) is 0 Å². The molecule has 2 aromatic rings. The van der Waals surface area contributed by atoms with Crippen LogP contribution in [0.15, 0.2) is 51.4 Å². The molecule has 0 atom stereocenters. The van der Waals surface area contributed by atoms with Gasteiger partial charge in [-0.3, -0.25) is 4.79 Å². The molecule has 2 aromatic carbocycles. The van der Waals surface area contributed by atoms with E-state index in [9.17, 15) is 4.79 Å². The van der Waals surface area contributed by atoms with E-state index in [0.29, 0.717) is 17.9 Å². The first-order valence-electron chi connectivity index (χ1n) is 5.74. The predicted octanol–water partition coefficient (Wildman–Crippen LogP) is 4.99. The van der Waals surface area contributed by atoms with Crippen LogP contribution in [0.5, 0.6) is 5.75 Å². The zero-order chi connectivity index (χ0) is 13.8. The van der Waals surface area contributed by atoms with Gasteiger partial charge >= 0.3 is 0 Å². The van der Waals surface area contributed by atoms with Crippen molar-refractivity contribution in [3.8, 4) is 5.75 Å². The summed E-state index contributed by atoms with van der Waals surface area (Å²) in [5.74, 6) is 0.725.